The molecule has 4 heteroatoms. The normalized spacial score (nSPS) is 10.9. The van der Waals surface area contributed by atoms with Gasteiger partial charge in [0.1, 0.15) is 11.0 Å². The molecular formula is C13H12N3S+. The molecule has 0 aliphatic carbocycles. The van der Waals surface area contributed by atoms with Gasteiger partial charge in [-0.15, -0.1) is 0 Å². The largest absolute Gasteiger partial charge is 0.201 e. The Hall–Kier alpha value is -1.81. The Morgan fingerprint density at radius 3 is 2.65 bits per heavy atom. The van der Waals surface area contributed by atoms with Crippen LogP contribution >= 0.6 is 11.7 Å². The molecule has 0 aliphatic heterocycles. The fraction of sp³-hybridized carbons (Fsp3) is 0.154. The molecule has 0 bridgehead atoms. The van der Waals surface area contributed by atoms with Crippen LogP contribution in [0.1, 0.15) is 11.1 Å². The molecule has 0 amide bonds. The maximum Gasteiger partial charge on any atom is 0.176 e. The number of fused-ring (bicyclic) bond motifs is 1. The quantitative estimate of drug-likeness (QED) is 0.646. The van der Waals surface area contributed by atoms with Crippen LogP contribution in [0, 0.1) is 6.92 Å². The minimum absolute atomic E-state index is 0.836. The van der Waals surface area contributed by atoms with Gasteiger partial charge in [-0.05, 0) is 12.5 Å². The van der Waals surface area contributed by atoms with E-state index in [2.05, 4.69) is 44.8 Å². The first-order valence-electron chi connectivity index (χ1n) is 5.49. The third-order valence-electron chi connectivity index (χ3n) is 2.83. The summed E-state index contributed by atoms with van der Waals surface area (Å²) in [5, 5.41) is 0. The number of nitrogens with zero attached hydrogens (tertiary/aromatic N) is 3. The molecule has 0 N–H and O–H groups in total. The molecule has 0 aliphatic rings. The number of rotatable bonds is 2. The molecular weight excluding hydrogens is 230 g/mol. The number of hydrogen-bond donors (Lipinski definition) is 0. The van der Waals surface area contributed by atoms with Crippen LogP contribution in [0.5, 0.6) is 0 Å². The van der Waals surface area contributed by atoms with Crippen LogP contribution in [-0.2, 0) is 6.54 Å². The van der Waals surface area contributed by atoms with Crippen molar-refractivity contribution in [2.75, 3.05) is 0 Å². The molecule has 0 saturated carbocycles. The Balaban J connectivity index is 2.07. The van der Waals surface area contributed by atoms with Crippen molar-refractivity contribution >= 4 is 22.8 Å². The van der Waals surface area contributed by atoms with Crippen LogP contribution < -0.4 is 4.57 Å². The first-order valence-corrected chi connectivity index (χ1v) is 6.22. The molecule has 17 heavy (non-hydrogen) atoms. The van der Waals surface area contributed by atoms with Gasteiger partial charge in [-0.3, -0.25) is 0 Å². The summed E-state index contributed by atoms with van der Waals surface area (Å²) < 4.78 is 10.9. The second-order valence-electron chi connectivity index (χ2n) is 4.05. The van der Waals surface area contributed by atoms with Crippen molar-refractivity contribution in [3.8, 4) is 0 Å². The Bertz CT molecular complexity index is 646. The molecule has 2 aromatic heterocycles. The van der Waals surface area contributed by atoms with Crippen molar-refractivity contribution in [2.45, 2.75) is 13.5 Å². The fourth-order valence-electron chi connectivity index (χ4n) is 1.91. The minimum Gasteiger partial charge on any atom is -0.201 e. The molecule has 0 spiro atoms. The van der Waals surface area contributed by atoms with Crippen LogP contribution in [-0.4, -0.2) is 8.75 Å². The standard InChI is InChI=1S/C13H12N3S/c1-10-5-6-11(13-12(10)14-17-15-13)9-16-7-3-2-4-8-16/h2-8H,9H2,1H3/q+1. The maximum atomic E-state index is 4.39. The van der Waals surface area contributed by atoms with Gasteiger partial charge in [0.2, 0.25) is 0 Å². The fourth-order valence-corrected chi connectivity index (χ4v) is 2.54. The molecule has 3 rings (SSSR count). The van der Waals surface area contributed by atoms with Gasteiger partial charge >= 0.3 is 0 Å². The van der Waals surface area contributed by atoms with E-state index in [0.717, 1.165) is 17.6 Å². The molecule has 0 unspecified atom stereocenters. The highest BCUT2D eigenvalue weighted by molar-refractivity contribution is 7.00. The van der Waals surface area contributed by atoms with E-state index in [9.17, 15) is 0 Å². The van der Waals surface area contributed by atoms with E-state index in [0.29, 0.717) is 0 Å². The Kier molecular flexibility index (Phi) is 2.57. The van der Waals surface area contributed by atoms with Gasteiger partial charge < -0.3 is 0 Å². The lowest BCUT2D eigenvalue weighted by Gasteiger charge is -2.00. The van der Waals surface area contributed by atoms with Crippen molar-refractivity contribution in [1.82, 2.24) is 8.75 Å². The van der Waals surface area contributed by atoms with E-state index in [1.54, 1.807) is 0 Å². The van der Waals surface area contributed by atoms with Crippen LogP contribution in [0.3, 0.4) is 0 Å². The van der Waals surface area contributed by atoms with Gasteiger partial charge in [0.25, 0.3) is 0 Å². The summed E-state index contributed by atoms with van der Waals surface area (Å²) in [5.74, 6) is 0. The van der Waals surface area contributed by atoms with E-state index < -0.39 is 0 Å². The molecule has 0 radical (unpaired) electrons. The summed E-state index contributed by atoms with van der Waals surface area (Å²) in [6.45, 7) is 2.91. The van der Waals surface area contributed by atoms with Crippen LogP contribution in [0.25, 0.3) is 11.0 Å². The number of pyridine rings is 1. The highest BCUT2D eigenvalue weighted by Crippen LogP contribution is 2.20. The average molecular weight is 242 g/mol. The van der Waals surface area contributed by atoms with E-state index in [-0.39, 0.29) is 0 Å². The minimum atomic E-state index is 0.836. The molecule has 0 fully saturated rings. The van der Waals surface area contributed by atoms with E-state index in [1.807, 2.05) is 18.2 Å². The first-order chi connectivity index (χ1) is 8.34. The van der Waals surface area contributed by atoms with Crippen molar-refractivity contribution in [1.29, 1.82) is 0 Å². The zero-order valence-corrected chi connectivity index (χ0v) is 10.3. The summed E-state index contributed by atoms with van der Waals surface area (Å²) in [6, 6.07) is 10.3. The average Bonchev–Trinajstić information content (AvgIpc) is 2.84. The van der Waals surface area contributed by atoms with Crippen molar-refractivity contribution in [3.05, 3.63) is 53.9 Å². The van der Waals surface area contributed by atoms with Gasteiger partial charge in [0.15, 0.2) is 18.9 Å². The molecule has 0 atom stereocenters. The number of aromatic nitrogens is 3. The maximum absolute atomic E-state index is 4.39. The topological polar surface area (TPSA) is 29.7 Å². The third kappa shape index (κ3) is 1.91. The zero-order valence-electron chi connectivity index (χ0n) is 9.50. The second kappa shape index (κ2) is 4.22. The Morgan fingerprint density at radius 1 is 1.06 bits per heavy atom. The van der Waals surface area contributed by atoms with Crippen molar-refractivity contribution in [3.63, 3.8) is 0 Å². The summed E-state index contributed by atoms with van der Waals surface area (Å²) in [5.41, 5.74) is 4.47. The van der Waals surface area contributed by atoms with Gasteiger partial charge in [-0.1, -0.05) is 18.2 Å². The smallest absolute Gasteiger partial charge is 0.176 e. The molecule has 1 aromatic carbocycles. The van der Waals surface area contributed by atoms with E-state index in [1.165, 1.54) is 22.9 Å². The zero-order chi connectivity index (χ0) is 11.7. The van der Waals surface area contributed by atoms with Gasteiger partial charge in [-0.25, -0.2) is 4.57 Å². The lowest BCUT2D eigenvalue weighted by molar-refractivity contribution is -0.688. The second-order valence-corrected chi connectivity index (χ2v) is 4.58. The van der Waals surface area contributed by atoms with Crippen molar-refractivity contribution < 1.29 is 4.57 Å². The first kappa shape index (κ1) is 10.4. The van der Waals surface area contributed by atoms with Crippen LogP contribution in [0.15, 0.2) is 42.7 Å². The molecule has 2 heterocycles. The van der Waals surface area contributed by atoms with E-state index >= 15 is 0 Å². The molecule has 3 nitrogen and oxygen atoms in total. The predicted octanol–water partition coefficient (Wildman–Crippen LogP) is 2.34. The summed E-state index contributed by atoms with van der Waals surface area (Å²) in [6.07, 6.45) is 4.12. The van der Waals surface area contributed by atoms with Gasteiger partial charge in [0, 0.05) is 17.7 Å². The van der Waals surface area contributed by atoms with Crippen LogP contribution in [0.4, 0.5) is 0 Å². The summed E-state index contributed by atoms with van der Waals surface area (Å²) in [4.78, 5) is 0. The summed E-state index contributed by atoms with van der Waals surface area (Å²) in [7, 11) is 0. The highest BCUT2D eigenvalue weighted by Gasteiger charge is 2.11. The molecule has 3 aromatic rings. The monoisotopic (exact) mass is 242 g/mol. The number of aryl methyl sites for hydroxylation is 1. The van der Waals surface area contributed by atoms with Crippen LogP contribution in [0.2, 0.25) is 0 Å². The lowest BCUT2D eigenvalue weighted by Crippen LogP contribution is -2.32. The SMILES string of the molecule is Cc1ccc(C[n+]2ccccc2)c2nsnc12. The third-order valence-corrected chi connectivity index (χ3v) is 3.36. The molecule has 0 saturated heterocycles. The lowest BCUT2D eigenvalue weighted by atomic mass is 10.1. The van der Waals surface area contributed by atoms with E-state index in [4.69, 9.17) is 0 Å². The Labute approximate surface area is 104 Å². The summed E-state index contributed by atoms with van der Waals surface area (Å²) >= 11 is 1.28. The Morgan fingerprint density at radius 2 is 1.82 bits per heavy atom. The molecule has 84 valence electrons. The number of benzene rings is 1. The predicted molar refractivity (Wildman–Crippen MR) is 67.9 cm³/mol. The van der Waals surface area contributed by atoms with Gasteiger partial charge in [0.05, 0.1) is 11.7 Å². The number of hydrogen-bond acceptors (Lipinski definition) is 3. The van der Waals surface area contributed by atoms with Crippen molar-refractivity contribution in [2.24, 2.45) is 0 Å². The highest BCUT2D eigenvalue weighted by atomic mass is 32.1. The van der Waals surface area contributed by atoms with Gasteiger partial charge in [-0.2, -0.15) is 8.75 Å².